The van der Waals surface area contributed by atoms with Crippen LogP contribution in [0.2, 0.25) is 0 Å². The number of carbonyl (C=O) groups is 2. The van der Waals surface area contributed by atoms with Crippen molar-refractivity contribution < 1.29 is 24.0 Å². The molecule has 146 valence electrons. The van der Waals surface area contributed by atoms with Gasteiger partial charge in [0, 0.05) is 23.8 Å². The van der Waals surface area contributed by atoms with Crippen molar-refractivity contribution in [1.82, 2.24) is 0 Å². The molecule has 1 aliphatic heterocycles. The smallest absolute Gasteiger partial charge is 0.315 e. The van der Waals surface area contributed by atoms with E-state index in [0.717, 1.165) is 0 Å². The number of non-ortho nitro benzene ring substituents is 1. The molecule has 4 atom stereocenters. The first kappa shape index (κ1) is 20.5. The molecule has 0 aromatic heterocycles. The monoisotopic (exact) mass is 376 g/mol. The van der Waals surface area contributed by atoms with E-state index in [1.54, 1.807) is 39.8 Å². The number of nitro benzene ring substituents is 1. The highest BCUT2D eigenvalue weighted by molar-refractivity contribution is 6.03. The van der Waals surface area contributed by atoms with Crippen molar-refractivity contribution in [2.45, 2.75) is 39.7 Å². The van der Waals surface area contributed by atoms with Crippen molar-refractivity contribution >= 4 is 23.3 Å². The van der Waals surface area contributed by atoms with Crippen LogP contribution in [-0.4, -0.2) is 41.8 Å². The summed E-state index contributed by atoms with van der Waals surface area (Å²) < 4.78 is 10.4. The summed E-state index contributed by atoms with van der Waals surface area (Å²) in [4.78, 5) is 40.5. The van der Waals surface area contributed by atoms with Gasteiger partial charge in [-0.3, -0.25) is 24.7 Å². The first-order chi connectivity index (χ1) is 12.8. The number of hydrogen-bond acceptors (Lipinski definition) is 7. The van der Waals surface area contributed by atoms with Gasteiger partial charge in [-0.05, 0) is 33.3 Å². The van der Waals surface area contributed by atoms with Crippen LogP contribution in [0.5, 0.6) is 0 Å². The Labute approximate surface area is 157 Å². The zero-order valence-electron chi connectivity index (χ0n) is 15.9. The molecule has 0 N–H and O–H groups in total. The lowest BCUT2D eigenvalue weighted by atomic mass is 9.70. The molecule has 0 spiro atoms. The summed E-state index contributed by atoms with van der Waals surface area (Å²) in [7, 11) is 0. The van der Waals surface area contributed by atoms with E-state index in [9.17, 15) is 19.7 Å². The summed E-state index contributed by atoms with van der Waals surface area (Å²) in [6.45, 7) is 7.26. The Morgan fingerprint density at radius 2 is 1.81 bits per heavy atom. The van der Waals surface area contributed by atoms with Gasteiger partial charge in [-0.2, -0.15) is 0 Å². The molecule has 1 aromatic rings. The predicted molar refractivity (Wildman–Crippen MR) is 98.7 cm³/mol. The molecule has 1 heterocycles. The third kappa shape index (κ3) is 4.32. The summed E-state index contributed by atoms with van der Waals surface area (Å²) in [6.07, 6.45) is 0. The molecule has 8 heteroatoms. The topological polar surface area (TPSA) is 108 Å². The van der Waals surface area contributed by atoms with Crippen LogP contribution in [0.25, 0.3) is 0 Å². The molecule has 0 bridgehead atoms. The van der Waals surface area contributed by atoms with E-state index in [1.807, 2.05) is 0 Å². The molecule has 0 saturated heterocycles. The van der Waals surface area contributed by atoms with Crippen LogP contribution in [0.1, 0.15) is 39.2 Å². The number of nitro groups is 1. The molecule has 4 unspecified atom stereocenters. The first-order valence-corrected chi connectivity index (χ1v) is 8.93. The Balaban J connectivity index is 2.62. The Kier molecular flexibility index (Phi) is 6.65. The third-order valence-corrected chi connectivity index (χ3v) is 4.69. The Bertz CT molecular complexity index is 760. The number of rotatable bonds is 6. The first-order valence-electron chi connectivity index (χ1n) is 8.93. The van der Waals surface area contributed by atoms with Crippen molar-refractivity contribution in [3.8, 4) is 0 Å². The van der Waals surface area contributed by atoms with E-state index in [-0.39, 0.29) is 18.9 Å². The third-order valence-electron chi connectivity index (χ3n) is 4.69. The van der Waals surface area contributed by atoms with Crippen LogP contribution >= 0.6 is 0 Å². The Morgan fingerprint density at radius 3 is 2.41 bits per heavy atom. The lowest BCUT2D eigenvalue weighted by Crippen LogP contribution is -2.45. The number of benzene rings is 1. The van der Waals surface area contributed by atoms with Crippen LogP contribution in [-0.2, 0) is 19.1 Å². The van der Waals surface area contributed by atoms with Gasteiger partial charge in [0.2, 0.25) is 0 Å². The number of carbonyl (C=O) groups excluding carboxylic acids is 2. The number of hydrogen-bond donors (Lipinski definition) is 0. The Morgan fingerprint density at radius 1 is 1.19 bits per heavy atom. The normalized spacial score (nSPS) is 24.7. The quantitative estimate of drug-likeness (QED) is 0.429. The molecule has 1 aliphatic rings. The van der Waals surface area contributed by atoms with Crippen LogP contribution in [0.4, 0.5) is 5.69 Å². The molecule has 1 aromatic carbocycles. The standard InChI is InChI=1S/C19H24N2O6/c1-5-26-18(22)15-11(3)20-12(4)16(19(23)27-6-2)17(15)13-8-7-9-14(10-13)21(24)25/h7-11,15-17H,5-6H2,1-4H3. The van der Waals surface area contributed by atoms with E-state index in [2.05, 4.69) is 4.99 Å². The van der Waals surface area contributed by atoms with Gasteiger partial charge in [0.1, 0.15) is 5.92 Å². The zero-order chi connectivity index (χ0) is 20.1. The Hall–Kier alpha value is -2.77. The highest BCUT2D eigenvalue weighted by atomic mass is 16.6. The van der Waals surface area contributed by atoms with Gasteiger partial charge in [-0.15, -0.1) is 0 Å². The second kappa shape index (κ2) is 8.75. The van der Waals surface area contributed by atoms with Crippen molar-refractivity contribution in [1.29, 1.82) is 0 Å². The maximum Gasteiger partial charge on any atom is 0.315 e. The largest absolute Gasteiger partial charge is 0.466 e. The van der Waals surface area contributed by atoms with E-state index < -0.39 is 40.7 Å². The minimum absolute atomic E-state index is 0.106. The molecule has 2 rings (SSSR count). The minimum atomic E-state index is -0.808. The van der Waals surface area contributed by atoms with Crippen molar-refractivity contribution in [3.05, 3.63) is 39.9 Å². The van der Waals surface area contributed by atoms with Crippen molar-refractivity contribution in [2.24, 2.45) is 16.8 Å². The number of aliphatic imine (C=N–C) groups is 1. The summed E-state index contributed by atoms with van der Waals surface area (Å²) in [5, 5.41) is 11.2. The van der Waals surface area contributed by atoms with Gasteiger partial charge in [0.25, 0.3) is 5.69 Å². The molecular formula is C19H24N2O6. The van der Waals surface area contributed by atoms with Crippen LogP contribution < -0.4 is 0 Å². The van der Waals surface area contributed by atoms with E-state index in [1.165, 1.54) is 12.1 Å². The highest BCUT2D eigenvalue weighted by Gasteiger charge is 2.48. The fourth-order valence-corrected chi connectivity index (χ4v) is 3.63. The fraction of sp³-hybridized carbons (Fsp3) is 0.526. The highest BCUT2D eigenvalue weighted by Crippen LogP contribution is 2.42. The van der Waals surface area contributed by atoms with Crippen LogP contribution in [0.3, 0.4) is 0 Å². The maximum atomic E-state index is 12.7. The maximum absolute atomic E-state index is 12.7. The number of nitrogens with zero attached hydrogens (tertiary/aromatic N) is 2. The lowest BCUT2D eigenvalue weighted by molar-refractivity contribution is -0.384. The summed E-state index contributed by atoms with van der Waals surface area (Å²) in [6, 6.07) is 5.56. The second-order valence-electron chi connectivity index (χ2n) is 6.40. The molecule has 27 heavy (non-hydrogen) atoms. The number of ether oxygens (including phenoxy) is 2. The van der Waals surface area contributed by atoms with Gasteiger partial charge < -0.3 is 9.47 Å². The average Bonchev–Trinajstić information content (AvgIpc) is 2.61. The summed E-state index contributed by atoms with van der Waals surface area (Å²) in [5.41, 5.74) is 0.949. The zero-order valence-corrected chi connectivity index (χ0v) is 15.9. The second-order valence-corrected chi connectivity index (χ2v) is 6.40. The molecular weight excluding hydrogens is 352 g/mol. The summed E-state index contributed by atoms with van der Waals surface area (Å²) in [5.74, 6) is -3.19. The summed E-state index contributed by atoms with van der Waals surface area (Å²) >= 11 is 0. The molecule has 0 amide bonds. The van der Waals surface area contributed by atoms with Crippen LogP contribution in [0.15, 0.2) is 29.3 Å². The molecule has 0 fully saturated rings. The van der Waals surface area contributed by atoms with E-state index >= 15 is 0 Å². The van der Waals surface area contributed by atoms with Crippen molar-refractivity contribution in [3.63, 3.8) is 0 Å². The molecule has 0 saturated carbocycles. The minimum Gasteiger partial charge on any atom is -0.466 e. The van der Waals surface area contributed by atoms with Gasteiger partial charge in [-0.1, -0.05) is 12.1 Å². The lowest BCUT2D eigenvalue weighted by Gasteiger charge is -2.37. The fourth-order valence-electron chi connectivity index (χ4n) is 3.63. The van der Waals surface area contributed by atoms with Crippen LogP contribution in [0, 0.1) is 22.0 Å². The molecule has 8 nitrogen and oxygen atoms in total. The van der Waals surface area contributed by atoms with Gasteiger partial charge in [-0.25, -0.2) is 0 Å². The van der Waals surface area contributed by atoms with Gasteiger partial charge in [0.15, 0.2) is 0 Å². The average molecular weight is 376 g/mol. The molecule has 0 radical (unpaired) electrons. The molecule has 0 aliphatic carbocycles. The van der Waals surface area contributed by atoms with E-state index in [0.29, 0.717) is 11.3 Å². The van der Waals surface area contributed by atoms with Gasteiger partial charge >= 0.3 is 11.9 Å². The van der Waals surface area contributed by atoms with Crippen molar-refractivity contribution in [2.75, 3.05) is 13.2 Å². The predicted octanol–water partition coefficient (Wildman–Crippen LogP) is 2.90. The number of esters is 2. The SMILES string of the molecule is CCOC(=O)C1C(C)=NC(C)C(C(=O)OCC)C1c1cccc([N+](=O)[O-])c1. The van der Waals surface area contributed by atoms with Gasteiger partial charge in [0.05, 0.1) is 30.1 Å². The van der Waals surface area contributed by atoms with E-state index in [4.69, 9.17) is 9.47 Å².